The smallest absolute Gasteiger partial charge is 0.137 e. The summed E-state index contributed by atoms with van der Waals surface area (Å²) in [5, 5.41) is 5.05. The summed E-state index contributed by atoms with van der Waals surface area (Å²) in [6.07, 6.45) is 0. The van der Waals surface area contributed by atoms with Gasteiger partial charge in [0.15, 0.2) is 0 Å². The lowest BCUT2D eigenvalue weighted by Gasteiger charge is -2.10. The van der Waals surface area contributed by atoms with Gasteiger partial charge in [-0.15, -0.1) is 0 Å². The summed E-state index contributed by atoms with van der Waals surface area (Å²) in [5.74, 6) is 0.589. The third-order valence-electron chi connectivity index (χ3n) is 5.07. The highest BCUT2D eigenvalue weighted by Gasteiger charge is 2.15. The van der Waals surface area contributed by atoms with E-state index in [4.69, 9.17) is 4.42 Å². The Morgan fingerprint density at radius 3 is 2.44 bits per heavy atom. The third kappa shape index (κ3) is 2.10. The molecule has 124 valence electrons. The summed E-state index contributed by atoms with van der Waals surface area (Å²) in [4.78, 5) is 0. The van der Waals surface area contributed by atoms with Crippen LogP contribution in [0.15, 0.2) is 59.0 Å². The van der Waals surface area contributed by atoms with Crippen LogP contribution in [-0.4, -0.2) is 4.57 Å². The Balaban J connectivity index is 1.97. The second-order valence-corrected chi connectivity index (χ2v) is 7.49. The number of benzene rings is 3. The maximum Gasteiger partial charge on any atom is 0.137 e. The molecular weight excluding hydrogens is 306 g/mol. The van der Waals surface area contributed by atoms with Gasteiger partial charge in [0, 0.05) is 39.7 Å². The van der Waals surface area contributed by atoms with Crippen molar-refractivity contribution in [2.45, 2.75) is 27.3 Å². The van der Waals surface area contributed by atoms with Gasteiger partial charge >= 0.3 is 0 Å². The topological polar surface area (TPSA) is 18.1 Å². The molecule has 0 N–H and O–H groups in total. The van der Waals surface area contributed by atoms with Crippen molar-refractivity contribution in [1.82, 2.24) is 4.57 Å². The Morgan fingerprint density at radius 1 is 0.800 bits per heavy atom. The van der Waals surface area contributed by atoms with Gasteiger partial charge in [0.1, 0.15) is 11.2 Å². The average Bonchev–Trinajstić information content (AvgIpc) is 3.09. The first-order chi connectivity index (χ1) is 12.1. The molecule has 0 spiro atoms. The Hall–Kier alpha value is -2.74. The molecular formula is C23H21NO. The van der Waals surface area contributed by atoms with Crippen LogP contribution < -0.4 is 0 Å². The van der Waals surface area contributed by atoms with Crippen LogP contribution in [0, 0.1) is 12.8 Å². The van der Waals surface area contributed by atoms with E-state index in [-0.39, 0.29) is 0 Å². The van der Waals surface area contributed by atoms with Gasteiger partial charge < -0.3 is 8.98 Å². The van der Waals surface area contributed by atoms with Crippen LogP contribution in [-0.2, 0) is 6.54 Å². The zero-order chi connectivity index (χ0) is 17.1. The summed E-state index contributed by atoms with van der Waals surface area (Å²) >= 11 is 0. The Bertz CT molecular complexity index is 1250. The molecule has 2 aromatic heterocycles. The molecule has 0 unspecified atom stereocenters. The fraction of sp³-hybridized carbons (Fsp3) is 0.217. The predicted octanol–water partition coefficient (Wildman–Crippen LogP) is 6.66. The third-order valence-corrected chi connectivity index (χ3v) is 5.07. The molecule has 0 fully saturated rings. The van der Waals surface area contributed by atoms with Crippen LogP contribution in [0.4, 0.5) is 0 Å². The molecule has 25 heavy (non-hydrogen) atoms. The van der Waals surface area contributed by atoms with Crippen molar-refractivity contribution in [2.75, 3.05) is 0 Å². The van der Waals surface area contributed by atoms with E-state index >= 15 is 0 Å². The summed E-state index contributed by atoms with van der Waals surface area (Å²) in [7, 11) is 0. The van der Waals surface area contributed by atoms with Crippen LogP contribution in [0.2, 0.25) is 0 Å². The minimum absolute atomic E-state index is 0.589. The second-order valence-electron chi connectivity index (χ2n) is 7.49. The van der Waals surface area contributed by atoms with Crippen molar-refractivity contribution >= 4 is 43.7 Å². The van der Waals surface area contributed by atoms with Gasteiger partial charge in [-0.1, -0.05) is 43.7 Å². The van der Waals surface area contributed by atoms with Crippen LogP contribution in [0.25, 0.3) is 43.7 Å². The Morgan fingerprint density at radius 2 is 1.60 bits per heavy atom. The van der Waals surface area contributed by atoms with Crippen molar-refractivity contribution in [3.63, 3.8) is 0 Å². The molecule has 0 aliphatic heterocycles. The SMILES string of the molecule is Cc1ccc2c(c1)c1cc3c(cc1n2CC(C)C)oc1ccccc13. The quantitative estimate of drug-likeness (QED) is 0.354. The van der Waals surface area contributed by atoms with Gasteiger partial charge in [-0.05, 0) is 37.1 Å². The Kier molecular flexibility index (Phi) is 2.99. The van der Waals surface area contributed by atoms with Crippen molar-refractivity contribution in [1.29, 1.82) is 0 Å². The second kappa shape index (κ2) is 5.13. The fourth-order valence-corrected chi connectivity index (χ4v) is 3.99. The van der Waals surface area contributed by atoms with Crippen LogP contribution >= 0.6 is 0 Å². The van der Waals surface area contributed by atoms with Gasteiger partial charge in [0.2, 0.25) is 0 Å². The summed E-state index contributed by atoms with van der Waals surface area (Å²) in [6, 6.07) is 19.6. The van der Waals surface area contributed by atoms with E-state index in [0.717, 1.165) is 17.7 Å². The average molecular weight is 327 g/mol. The standard InChI is InChI=1S/C23H21NO/c1-14(2)13-24-20-9-8-15(3)10-17(20)18-11-19-16-6-4-5-7-22(16)25-23(19)12-21(18)24/h4-12,14H,13H2,1-3H3. The van der Waals surface area contributed by atoms with E-state index in [0.29, 0.717) is 5.92 Å². The maximum absolute atomic E-state index is 6.13. The van der Waals surface area contributed by atoms with Crippen molar-refractivity contribution in [3.8, 4) is 0 Å². The molecule has 0 amide bonds. The van der Waals surface area contributed by atoms with Gasteiger partial charge in [-0.3, -0.25) is 0 Å². The molecule has 3 aromatic carbocycles. The minimum atomic E-state index is 0.589. The van der Waals surface area contributed by atoms with Crippen LogP contribution in [0.3, 0.4) is 0 Å². The van der Waals surface area contributed by atoms with Crippen molar-refractivity contribution < 1.29 is 4.42 Å². The first-order valence-corrected chi connectivity index (χ1v) is 8.95. The zero-order valence-electron chi connectivity index (χ0n) is 14.8. The number of aromatic nitrogens is 1. The van der Waals surface area contributed by atoms with Gasteiger partial charge in [-0.25, -0.2) is 0 Å². The number of nitrogens with zero attached hydrogens (tertiary/aromatic N) is 1. The van der Waals surface area contributed by atoms with Crippen molar-refractivity contribution in [2.24, 2.45) is 5.92 Å². The van der Waals surface area contributed by atoms with Gasteiger partial charge in [0.05, 0.1) is 5.52 Å². The van der Waals surface area contributed by atoms with Crippen LogP contribution in [0.1, 0.15) is 19.4 Å². The molecule has 0 atom stereocenters. The molecule has 0 saturated carbocycles. The number of para-hydroxylation sites is 1. The molecule has 5 rings (SSSR count). The summed E-state index contributed by atoms with van der Waals surface area (Å²) in [5.41, 5.74) is 5.81. The predicted molar refractivity (Wildman–Crippen MR) is 106 cm³/mol. The molecule has 2 nitrogen and oxygen atoms in total. The zero-order valence-corrected chi connectivity index (χ0v) is 14.8. The molecule has 2 heterocycles. The van der Waals surface area contributed by atoms with E-state index in [1.807, 2.05) is 12.1 Å². The molecule has 0 radical (unpaired) electrons. The fourth-order valence-electron chi connectivity index (χ4n) is 3.99. The molecule has 2 heteroatoms. The first-order valence-electron chi connectivity index (χ1n) is 8.95. The lowest BCUT2D eigenvalue weighted by molar-refractivity contribution is 0.545. The van der Waals surface area contributed by atoms with Gasteiger partial charge in [-0.2, -0.15) is 0 Å². The van der Waals surface area contributed by atoms with Crippen molar-refractivity contribution in [3.05, 3.63) is 60.2 Å². The molecule has 0 saturated heterocycles. The van der Waals surface area contributed by atoms with E-state index in [1.165, 1.54) is 38.1 Å². The highest BCUT2D eigenvalue weighted by molar-refractivity contribution is 6.16. The van der Waals surface area contributed by atoms with E-state index in [9.17, 15) is 0 Å². The molecule has 0 bridgehead atoms. The molecule has 0 aliphatic rings. The normalized spacial score (nSPS) is 12.3. The summed E-state index contributed by atoms with van der Waals surface area (Å²) < 4.78 is 8.57. The number of aryl methyl sites for hydroxylation is 1. The van der Waals surface area contributed by atoms with E-state index in [2.05, 4.69) is 67.8 Å². The van der Waals surface area contributed by atoms with E-state index in [1.54, 1.807) is 0 Å². The molecule has 0 aliphatic carbocycles. The number of fused-ring (bicyclic) bond motifs is 6. The number of furan rings is 1. The summed E-state index contributed by atoms with van der Waals surface area (Å²) in [6.45, 7) is 7.71. The number of rotatable bonds is 2. The first kappa shape index (κ1) is 14.6. The highest BCUT2D eigenvalue weighted by Crippen LogP contribution is 2.37. The highest BCUT2D eigenvalue weighted by atomic mass is 16.3. The van der Waals surface area contributed by atoms with E-state index < -0.39 is 0 Å². The lowest BCUT2D eigenvalue weighted by Crippen LogP contribution is -2.03. The number of hydrogen-bond acceptors (Lipinski definition) is 1. The monoisotopic (exact) mass is 327 g/mol. The lowest BCUT2D eigenvalue weighted by atomic mass is 10.1. The molecule has 5 aromatic rings. The maximum atomic E-state index is 6.13. The largest absolute Gasteiger partial charge is 0.456 e. The van der Waals surface area contributed by atoms with Crippen LogP contribution in [0.5, 0.6) is 0 Å². The minimum Gasteiger partial charge on any atom is -0.456 e. The Labute approximate surface area is 146 Å². The number of hydrogen-bond donors (Lipinski definition) is 0. The van der Waals surface area contributed by atoms with Gasteiger partial charge in [0.25, 0.3) is 0 Å².